The number of pyridine rings is 1. The summed E-state index contributed by atoms with van der Waals surface area (Å²) in [5.41, 5.74) is 2.60. The summed E-state index contributed by atoms with van der Waals surface area (Å²) >= 11 is 0. The van der Waals surface area contributed by atoms with Gasteiger partial charge < -0.3 is 19.4 Å². The lowest BCUT2D eigenvalue weighted by Gasteiger charge is -2.28. The minimum absolute atomic E-state index is 0.205. The highest BCUT2D eigenvalue weighted by Gasteiger charge is 2.17. The largest absolute Gasteiger partial charge is 0.451 e. The zero-order valence-electron chi connectivity index (χ0n) is 14.7. The van der Waals surface area contributed by atoms with E-state index in [0.29, 0.717) is 25.5 Å². The van der Waals surface area contributed by atoms with Crippen LogP contribution in [0, 0.1) is 6.92 Å². The first-order chi connectivity index (χ1) is 12.7. The number of furan rings is 1. The summed E-state index contributed by atoms with van der Waals surface area (Å²) in [5.74, 6) is 1.08. The van der Waals surface area contributed by atoms with E-state index in [1.54, 1.807) is 6.20 Å². The van der Waals surface area contributed by atoms with Crippen LogP contribution in [0.3, 0.4) is 0 Å². The van der Waals surface area contributed by atoms with Crippen molar-refractivity contribution in [3.8, 4) is 0 Å². The van der Waals surface area contributed by atoms with Gasteiger partial charge in [-0.25, -0.2) is 4.98 Å². The average molecular weight is 351 g/mol. The third-order valence-electron chi connectivity index (χ3n) is 4.65. The van der Waals surface area contributed by atoms with Crippen LogP contribution < -0.4 is 10.2 Å². The van der Waals surface area contributed by atoms with Crippen molar-refractivity contribution in [2.45, 2.75) is 13.5 Å². The van der Waals surface area contributed by atoms with Crippen molar-refractivity contribution in [2.24, 2.45) is 0 Å². The fraction of sp³-hybridized carbons (Fsp3) is 0.300. The Morgan fingerprint density at radius 1 is 1.23 bits per heavy atom. The smallest absolute Gasteiger partial charge is 0.287 e. The van der Waals surface area contributed by atoms with Crippen LogP contribution >= 0.6 is 0 Å². The molecule has 1 fully saturated rings. The molecule has 0 unspecified atom stereocenters. The van der Waals surface area contributed by atoms with Gasteiger partial charge in [0.1, 0.15) is 11.4 Å². The summed E-state index contributed by atoms with van der Waals surface area (Å²) in [5, 5.41) is 3.91. The molecule has 1 aromatic carbocycles. The Morgan fingerprint density at radius 2 is 2.04 bits per heavy atom. The van der Waals surface area contributed by atoms with Crippen LogP contribution in [0.5, 0.6) is 0 Å². The third kappa shape index (κ3) is 3.28. The third-order valence-corrected chi connectivity index (χ3v) is 4.65. The van der Waals surface area contributed by atoms with Gasteiger partial charge in [0, 0.05) is 36.8 Å². The number of benzene rings is 1. The Bertz CT molecular complexity index is 929. The van der Waals surface area contributed by atoms with E-state index >= 15 is 0 Å². The van der Waals surface area contributed by atoms with Crippen molar-refractivity contribution >= 4 is 22.7 Å². The first-order valence-electron chi connectivity index (χ1n) is 8.76. The first kappa shape index (κ1) is 16.6. The molecule has 1 amide bonds. The van der Waals surface area contributed by atoms with Crippen molar-refractivity contribution in [3.05, 3.63) is 59.5 Å². The van der Waals surface area contributed by atoms with Gasteiger partial charge >= 0.3 is 0 Å². The zero-order chi connectivity index (χ0) is 17.9. The number of anilines is 1. The predicted molar refractivity (Wildman–Crippen MR) is 99.4 cm³/mol. The number of para-hydroxylation sites is 1. The molecule has 1 aliphatic heterocycles. The molecule has 2 aromatic heterocycles. The molecule has 26 heavy (non-hydrogen) atoms. The summed E-state index contributed by atoms with van der Waals surface area (Å²) in [6.45, 7) is 5.43. The van der Waals surface area contributed by atoms with Crippen LogP contribution in [-0.4, -0.2) is 37.2 Å². The van der Waals surface area contributed by atoms with Gasteiger partial charge in [0.2, 0.25) is 0 Å². The van der Waals surface area contributed by atoms with E-state index in [1.807, 2.05) is 43.3 Å². The molecular weight excluding hydrogens is 330 g/mol. The molecule has 0 radical (unpaired) electrons. The molecule has 6 heteroatoms. The lowest BCUT2D eigenvalue weighted by Crippen LogP contribution is -2.36. The number of morpholine rings is 1. The number of aryl methyl sites for hydroxylation is 1. The Kier molecular flexibility index (Phi) is 4.58. The van der Waals surface area contributed by atoms with Gasteiger partial charge in [-0.2, -0.15) is 0 Å². The zero-order valence-corrected chi connectivity index (χ0v) is 14.7. The molecule has 0 atom stereocenters. The lowest BCUT2D eigenvalue weighted by molar-refractivity contribution is 0.0924. The van der Waals surface area contributed by atoms with E-state index < -0.39 is 0 Å². The summed E-state index contributed by atoms with van der Waals surface area (Å²) in [6, 6.07) is 11.6. The summed E-state index contributed by atoms with van der Waals surface area (Å²) in [6.07, 6.45) is 1.78. The standard InChI is InChI=1S/C20H21N3O3/c1-14-16-4-2-3-5-17(16)26-19(14)20(24)22-13-15-6-7-21-18(12-15)23-8-10-25-11-9-23/h2-7,12H,8-11,13H2,1H3,(H,22,24). The minimum atomic E-state index is -0.205. The van der Waals surface area contributed by atoms with Gasteiger partial charge in [0.15, 0.2) is 5.76 Å². The molecule has 0 spiro atoms. The Balaban J connectivity index is 1.46. The van der Waals surface area contributed by atoms with Crippen LogP contribution in [0.4, 0.5) is 5.82 Å². The maximum atomic E-state index is 12.5. The van der Waals surface area contributed by atoms with Gasteiger partial charge in [-0.05, 0) is 30.7 Å². The highest BCUT2D eigenvalue weighted by Crippen LogP contribution is 2.24. The topological polar surface area (TPSA) is 67.6 Å². The molecule has 0 aliphatic carbocycles. The molecule has 0 saturated carbocycles. The molecule has 4 rings (SSSR count). The van der Waals surface area contributed by atoms with Crippen LogP contribution in [0.2, 0.25) is 0 Å². The van der Waals surface area contributed by atoms with Crippen LogP contribution in [0.1, 0.15) is 21.7 Å². The second-order valence-corrected chi connectivity index (χ2v) is 6.36. The summed E-state index contributed by atoms with van der Waals surface area (Å²) in [4.78, 5) is 19.2. The van der Waals surface area contributed by atoms with Crippen molar-refractivity contribution in [3.63, 3.8) is 0 Å². The summed E-state index contributed by atoms with van der Waals surface area (Å²) < 4.78 is 11.1. The molecular formula is C20H21N3O3. The fourth-order valence-corrected chi connectivity index (χ4v) is 3.19. The van der Waals surface area contributed by atoms with Gasteiger partial charge in [-0.3, -0.25) is 4.79 Å². The number of fused-ring (bicyclic) bond motifs is 1. The number of hydrogen-bond donors (Lipinski definition) is 1. The quantitative estimate of drug-likeness (QED) is 0.783. The predicted octanol–water partition coefficient (Wildman–Crippen LogP) is 2.90. The highest BCUT2D eigenvalue weighted by atomic mass is 16.5. The Labute approximate surface area is 151 Å². The van der Waals surface area contributed by atoms with Gasteiger partial charge in [0.05, 0.1) is 13.2 Å². The average Bonchev–Trinajstić information content (AvgIpc) is 3.04. The van der Waals surface area contributed by atoms with Crippen LogP contribution in [-0.2, 0) is 11.3 Å². The monoisotopic (exact) mass is 351 g/mol. The van der Waals surface area contributed by atoms with Crippen molar-refractivity contribution in [1.29, 1.82) is 0 Å². The van der Waals surface area contributed by atoms with E-state index in [4.69, 9.17) is 9.15 Å². The van der Waals surface area contributed by atoms with Crippen molar-refractivity contribution in [2.75, 3.05) is 31.2 Å². The maximum absolute atomic E-state index is 12.5. The van der Waals surface area contributed by atoms with Gasteiger partial charge in [-0.1, -0.05) is 18.2 Å². The van der Waals surface area contributed by atoms with Crippen LogP contribution in [0.15, 0.2) is 47.0 Å². The molecule has 1 N–H and O–H groups in total. The summed E-state index contributed by atoms with van der Waals surface area (Å²) in [7, 11) is 0. The highest BCUT2D eigenvalue weighted by molar-refractivity contribution is 5.98. The van der Waals surface area contributed by atoms with Crippen LogP contribution in [0.25, 0.3) is 11.0 Å². The fourth-order valence-electron chi connectivity index (χ4n) is 3.19. The number of nitrogens with zero attached hydrogens (tertiary/aromatic N) is 2. The molecule has 1 aliphatic rings. The number of carbonyl (C=O) groups excluding carboxylic acids is 1. The van der Waals surface area contributed by atoms with Crippen molar-refractivity contribution < 1.29 is 13.9 Å². The second-order valence-electron chi connectivity index (χ2n) is 6.36. The van der Waals surface area contributed by atoms with E-state index in [0.717, 1.165) is 41.0 Å². The molecule has 6 nitrogen and oxygen atoms in total. The Morgan fingerprint density at radius 3 is 2.85 bits per heavy atom. The molecule has 134 valence electrons. The van der Waals surface area contributed by atoms with Gasteiger partial charge in [-0.15, -0.1) is 0 Å². The number of aromatic nitrogens is 1. The number of rotatable bonds is 4. The molecule has 3 heterocycles. The normalized spacial score (nSPS) is 14.6. The number of amides is 1. The van der Waals surface area contributed by atoms with E-state index in [-0.39, 0.29) is 5.91 Å². The van der Waals surface area contributed by atoms with E-state index in [9.17, 15) is 4.79 Å². The molecule has 0 bridgehead atoms. The number of hydrogen-bond acceptors (Lipinski definition) is 5. The van der Waals surface area contributed by atoms with E-state index in [2.05, 4.69) is 15.2 Å². The lowest BCUT2D eigenvalue weighted by atomic mass is 10.1. The number of ether oxygens (including phenoxy) is 1. The van der Waals surface area contributed by atoms with Gasteiger partial charge in [0.25, 0.3) is 5.91 Å². The number of carbonyl (C=O) groups is 1. The van der Waals surface area contributed by atoms with E-state index in [1.165, 1.54) is 0 Å². The minimum Gasteiger partial charge on any atom is -0.451 e. The first-order valence-corrected chi connectivity index (χ1v) is 8.76. The molecule has 1 saturated heterocycles. The van der Waals surface area contributed by atoms with Crippen molar-refractivity contribution in [1.82, 2.24) is 10.3 Å². The maximum Gasteiger partial charge on any atom is 0.287 e. The number of nitrogens with one attached hydrogen (secondary N) is 1. The Hall–Kier alpha value is -2.86. The second kappa shape index (κ2) is 7.17. The molecule has 3 aromatic rings. The SMILES string of the molecule is Cc1c(C(=O)NCc2ccnc(N3CCOCC3)c2)oc2ccccc12.